The van der Waals surface area contributed by atoms with Crippen LogP contribution >= 0.6 is 11.6 Å². The molecule has 0 N–H and O–H groups in total. The van der Waals surface area contributed by atoms with Gasteiger partial charge in [0.25, 0.3) is 0 Å². The summed E-state index contributed by atoms with van der Waals surface area (Å²) in [6.45, 7) is 3.00. The van der Waals surface area contributed by atoms with Gasteiger partial charge in [0, 0.05) is 23.2 Å². The van der Waals surface area contributed by atoms with Crippen LogP contribution in [0.3, 0.4) is 0 Å². The molecule has 1 aromatic heterocycles. The van der Waals surface area contributed by atoms with Crippen molar-refractivity contribution in [3.05, 3.63) is 89.4 Å². The summed E-state index contributed by atoms with van der Waals surface area (Å²) in [6.07, 6.45) is -1.72. The van der Waals surface area contributed by atoms with Gasteiger partial charge in [-0.15, -0.1) is 13.2 Å². The fraction of sp³-hybridized carbons (Fsp3) is 0.160. The summed E-state index contributed by atoms with van der Waals surface area (Å²) in [5, 5.41) is 2.49. The average molecular weight is 473 g/mol. The second kappa shape index (κ2) is 9.58. The van der Waals surface area contributed by atoms with Gasteiger partial charge in [-0.3, -0.25) is 0 Å². The number of fused-ring (bicyclic) bond motifs is 1. The minimum Gasteiger partial charge on any atom is -0.457 e. The molecule has 0 fully saturated rings. The van der Waals surface area contributed by atoms with E-state index in [1.165, 1.54) is 24.3 Å². The molecule has 0 aliphatic carbocycles. The van der Waals surface area contributed by atoms with E-state index < -0.39 is 6.36 Å². The number of rotatable bonds is 6. The van der Waals surface area contributed by atoms with Crippen molar-refractivity contribution in [2.45, 2.75) is 26.3 Å². The van der Waals surface area contributed by atoms with Crippen molar-refractivity contribution in [2.24, 2.45) is 4.99 Å². The lowest BCUT2D eigenvalue weighted by Crippen LogP contribution is -2.16. The standard InChI is InChI=1S/C25H20ClF3N2O2/c1-2-14-31-15-13-23(22-12-3-17(26)16-24(22)31)30-18-4-6-19(7-5-18)32-20-8-10-21(11-9-20)33-25(27,28)29/h3-13,15-16H,2,14H2,1H3. The highest BCUT2D eigenvalue weighted by Crippen LogP contribution is 2.28. The number of aryl methyl sites for hydroxylation is 1. The van der Waals surface area contributed by atoms with Crippen molar-refractivity contribution < 1.29 is 22.6 Å². The molecule has 4 aromatic rings. The molecule has 4 rings (SSSR count). The Kier molecular flexibility index (Phi) is 6.60. The zero-order valence-electron chi connectivity index (χ0n) is 17.6. The number of hydrogen-bond acceptors (Lipinski definition) is 3. The third-order valence-corrected chi connectivity index (χ3v) is 5.04. The Balaban J connectivity index is 1.55. The van der Waals surface area contributed by atoms with E-state index in [1.807, 2.05) is 42.6 Å². The summed E-state index contributed by atoms with van der Waals surface area (Å²) in [6, 6.07) is 20.1. The number of benzene rings is 3. The lowest BCUT2D eigenvalue weighted by atomic mass is 10.2. The number of hydrogen-bond donors (Lipinski definition) is 0. The molecule has 0 aliphatic heterocycles. The first-order valence-corrected chi connectivity index (χ1v) is 10.7. The predicted octanol–water partition coefficient (Wildman–Crippen LogP) is 7.63. The third-order valence-electron chi connectivity index (χ3n) is 4.80. The highest BCUT2D eigenvalue weighted by Gasteiger charge is 2.30. The van der Waals surface area contributed by atoms with Crippen LogP contribution in [0.5, 0.6) is 17.2 Å². The lowest BCUT2D eigenvalue weighted by molar-refractivity contribution is -0.274. The van der Waals surface area contributed by atoms with Crippen molar-refractivity contribution in [3.63, 3.8) is 0 Å². The van der Waals surface area contributed by atoms with Crippen molar-refractivity contribution >= 4 is 28.2 Å². The number of nitrogens with zero attached hydrogens (tertiary/aromatic N) is 2. The molecule has 0 saturated heterocycles. The van der Waals surface area contributed by atoms with E-state index >= 15 is 0 Å². The highest BCUT2D eigenvalue weighted by molar-refractivity contribution is 6.31. The number of alkyl halides is 3. The Hall–Kier alpha value is -3.45. The smallest absolute Gasteiger partial charge is 0.457 e. The van der Waals surface area contributed by atoms with E-state index in [2.05, 4.69) is 16.2 Å². The van der Waals surface area contributed by atoms with E-state index in [0.717, 1.165) is 34.9 Å². The maximum atomic E-state index is 12.3. The van der Waals surface area contributed by atoms with Crippen LogP contribution in [0.4, 0.5) is 18.9 Å². The van der Waals surface area contributed by atoms with Crippen LogP contribution in [-0.4, -0.2) is 10.9 Å². The van der Waals surface area contributed by atoms with Crippen LogP contribution in [0.25, 0.3) is 10.9 Å². The molecule has 8 heteroatoms. The molecule has 3 aromatic carbocycles. The first-order valence-electron chi connectivity index (χ1n) is 10.3. The van der Waals surface area contributed by atoms with Gasteiger partial charge < -0.3 is 14.0 Å². The van der Waals surface area contributed by atoms with Gasteiger partial charge >= 0.3 is 6.36 Å². The molecule has 0 atom stereocenters. The molecule has 0 aliphatic rings. The third kappa shape index (κ3) is 5.87. The lowest BCUT2D eigenvalue weighted by Gasteiger charge is -2.11. The second-order valence-electron chi connectivity index (χ2n) is 7.28. The Morgan fingerprint density at radius 3 is 2.15 bits per heavy atom. The first kappa shape index (κ1) is 22.7. The van der Waals surface area contributed by atoms with Gasteiger partial charge in [-0.2, -0.15) is 0 Å². The summed E-state index contributed by atoms with van der Waals surface area (Å²) in [5.74, 6) is 0.616. The normalized spacial score (nSPS) is 12.2. The molecule has 0 amide bonds. The molecule has 4 nitrogen and oxygen atoms in total. The topological polar surface area (TPSA) is 35.8 Å². The Morgan fingerprint density at radius 2 is 1.52 bits per heavy atom. The van der Waals surface area contributed by atoms with Gasteiger partial charge in [-0.05, 0) is 79.2 Å². The van der Waals surface area contributed by atoms with Crippen molar-refractivity contribution in [1.82, 2.24) is 4.57 Å². The SMILES string of the molecule is CCCn1ccc(=Nc2ccc(Oc3ccc(OC(F)(F)F)cc3)cc2)c2ccc(Cl)cc21. The van der Waals surface area contributed by atoms with Gasteiger partial charge in [0.1, 0.15) is 17.2 Å². The predicted molar refractivity (Wildman–Crippen MR) is 122 cm³/mol. The number of aromatic nitrogens is 1. The molecule has 0 bridgehead atoms. The molecule has 170 valence electrons. The van der Waals surface area contributed by atoms with E-state index in [1.54, 1.807) is 12.1 Å². The van der Waals surface area contributed by atoms with E-state index in [-0.39, 0.29) is 5.75 Å². The van der Waals surface area contributed by atoms with Crippen LogP contribution in [-0.2, 0) is 6.54 Å². The monoisotopic (exact) mass is 472 g/mol. The zero-order valence-corrected chi connectivity index (χ0v) is 18.4. The molecule has 0 spiro atoms. The van der Waals surface area contributed by atoms with Crippen LogP contribution < -0.4 is 14.8 Å². The van der Waals surface area contributed by atoms with E-state index in [9.17, 15) is 13.2 Å². The Bertz CT molecular complexity index is 1320. The van der Waals surface area contributed by atoms with Gasteiger partial charge in [-0.25, -0.2) is 4.99 Å². The molecule has 1 heterocycles. The summed E-state index contributed by atoms with van der Waals surface area (Å²) in [7, 11) is 0. The first-order chi connectivity index (χ1) is 15.8. The summed E-state index contributed by atoms with van der Waals surface area (Å²) < 4.78 is 48.5. The minimum absolute atomic E-state index is 0.305. The molecule has 0 unspecified atom stereocenters. The van der Waals surface area contributed by atoms with Crippen LogP contribution in [0.1, 0.15) is 13.3 Å². The maximum absolute atomic E-state index is 12.3. The molecular formula is C25H20ClF3N2O2. The maximum Gasteiger partial charge on any atom is 0.573 e. The average Bonchev–Trinajstić information content (AvgIpc) is 2.77. The summed E-state index contributed by atoms with van der Waals surface area (Å²) in [5.41, 5.74) is 1.75. The van der Waals surface area contributed by atoms with Crippen LogP contribution in [0.2, 0.25) is 5.02 Å². The van der Waals surface area contributed by atoms with Crippen molar-refractivity contribution in [3.8, 4) is 17.2 Å². The summed E-state index contributed by atoms with van der Waals surface area (Å²) >= 11 is 6.21. The largest absolute Gasteiger partial charge is 0.573 e. The minimum atomic E-state index is -4.73. The molecule has 0 saturated carbocycles. The quantitative estimate of drug-likeness (QED) is 0.289. The van der Waals surface area contributed by atoms with Crippen molar-refractivity contribution in [1.29, 1.82) is 0 Å². The van der Waals surface area contributed by atoms with Crippen LogP contribution in [0, 0.1) is 0 Å². The van der Waals surface area contributed by atoms with Gasteiger partial charge in [0.2, 0.25) is 0 Å². The highest BCUT2D eigenvalue weighted by atomic mass is 35.5. The van der Waals surface area contributed by atoms with Gasteiger partial charge in [0.15, 0.2) is 0 Å². The summed E-state index contributed by atoms with van der Waals surface area (Å²) in [4.78, 5) is 4.76. The van der Waals surface area contributed by atoms with E-state index in [0.29, 0.717) is 16.5 Å². The van der Waals surface area contributed by atoms with Crippen molar-refractivity contribution in [2.75, 3.05) is 0 Å². The molecular weight excluding hydrogens is 453 g/mol. The second-order valence-corrected chi connectivity index (χ2v) is 7.72. The van der Waals surface area contributed by atoms with E-state index in [4.69, 9.17) is 21.3 Å². The zero-order chi connectivity index (χ0) is 23.4. The molecule has 0 radical (unpaired) electrons. The Labute approximate surface area is 193 Å². The Morgan fingerprint density at radius 1 is 0.879 bits per heavy atom. The fourth-order valence-corrected chi connectivity index (χ4v) is 3.56. The molecule has 33 heavy (non-hydrogen) atoms. The van der Waals surface area contributed by atoms with Gasteiger partial charge in [0.05, 0.1) is 16.6 Å². The number of pyridine rings is 1. The number of ether oxygens (including phenoxy) is 2. The number of halogens is 4. The van der Waals surface area contributed by atoms with Gasteiger partial charge in [-0.1, -0.05) is 18.5 Å². The van der Waals surface area contributed by atoms with Crippen LogP contribution in [0.15, 0.2) is 84.0 Å². The fourth-order valence-electron chi connectivity index (χ4n) is 3.40.